The highest BCUT2D eigenvalue weighted by molar-refractivity contribution is 5.96. The maximum Gasteiger partial charge on any atom is 0.255 e. The lowest BCUT2D eigenvalue weighted by atomic mass is 10.1. The van der Waals surface area contributed by atoms with Gasteiger partial charge in [0, 0.05) is 38.4 Å². The van der Waals surface area contributed by atoms with Gasteiger partial charge in [0.15, 0.2) is 0 Å². The molecule has 1 aromatic rings. The molecule has 0 spiro atoms. The number of allylic oxidation sites excluding steroid dienone is 1. The Kier molecular flexibility index (Phi) is 6.58. The van der Waals surface area contributed by atoms with Gasteiger partial charge in [-0.3, -0.25) is 19.2 Å². The molecule has 0 aliphatic carbocycles. The number of carbonyl (C=O) groups excluding carboxylic acids is 2. The molecule has 0 unspecified atom stereocenters. The van der Waals surface area contributed by atoms with Gasteiger partial charge in [0.25, 0.3) is 5.91 Å². The van der Waals surface area contributed by atoms with E-state index in [0.29, 0.717) is 31.6 Å². The Bertz CT molecular complexity index is 703. The Hall–Kier alpha value is -2.15. The van der Waals surface area contributed by atoms with Crippen LogP contribution in [0.5, 0.6) is 0 Å². The summed E-state index contributed by atoms with van der Waals surface area (Å²) in [6, 6.07) is -0.272. The van der Waals surface area contributed by atoms with E-state index in [4.69, 9.17) is 0 Å². The predicted molar refractivity (Wildman–Crippen MR) is 102 cm³/mol. The Labute approximate surface area is 155 Å². The minimum Gasteiger partial charge on any atom is -0.355 e. The maximum absolute atomic E-state index is 12.7. The largest absolute Gasteiger partial charge is 0.355 e. The zero-order valence-corrected chi connectivity index (χ0v) is 16.7. The Morgan fingerprint density at radius 3 is 2.54 bits per heavy atom. The highest BCUT2D eigenvalue weighted by Gasteiger charge is 2.37. The summed E-state index contributed by atoms with van der Waals surface area (Å²) in [5, 5.41) is 10.3. The van der Waals surface area contributed by atoms with Gasteiger partial charge in [0.1, 0.15) is 0 Å². The summed E-state index contributed by atoms with van der Waals surface area (Å²) < 4.78 is 1.72. The predicted octanol–water partition coefficient (Wildman–Crippen LogP) is 1.31. The maximum atomic E-state index is 12.7. The van der Waals surface area contributed by atoms with Crippen LogP contribution in [0, 0.1) is 13.8 Å². The lowest BCUT2D eigenvalue weighted by Gasteiger charge is -2.21. The second kappa shape index (κ2) is 8.49. The summed E-state index contributed by atoms with van der Waals surface area (Å²) in [5.41, 5.74) is 3.42. The Morgan fingerprint density at radius 2 is 2.00 bits per heavy atom. The van der Waals surface area contributed by atoms with Crippen molar-refractivity contribution in [2.24, 2.45) is 7.05 Å². The summed E-state index contributed by atoms with van der Waals surface area (Å²) >= 11 is 0. The molecular formula is C19H31N5O2. The Balaban J connectivity index is 2.11. The van der Waals surface area contributed by atoms with Gasteiger partial charge in [-0.2, -0.15) is 5.10 Å². The zero-order chi connectivity index (χ0) is 19.4. The molecule has 1 aromatic heterocycles. The van der Waals surface area contributed by atoms with E-state index in [2.05, 4.69) is 26.7 Å². The van der Waals surface area contributed by atoms with E-state index >= 15 is 0 Å². The lowest BCUT2D eigenvalue weighted by Crippen LogP contribution is -2.43. The van der Waals surface area contributed by atoms with Gasteiger partial charge in [-0.15, -0.1) is 0 Å². The number of aromatic nitrogens is 2. The van der Waals surface area contributed by atoms with Crippen LogP contribution in [0.15, 0.2) is 11.6 Å². The summed E-state index contributed by atoms with van der Waals surface area (Å²) in [6.45, 7) is 11.7. The zero-order valence-electron chi connectivity index (χ0n) is 16.7. The van der Waals surface area contributed by atoms with E-state index in [1.807, 2.05) is 41.7 Å². The number of carbonyl (C=O) groups is 2. The van der Waals surface area contributed by atoms with Gasteiger partial charge >= 0.3 is 0 Å². The molecule has 2 atom stereocenters. The molecule has 2 amide bonds. The molecule has 7 nitrogen and oxygen atoms in total. The topological polar surface area (TPSA) is 79.3 Å². The van der Waals surface area contributed by atoms with Gasteiger partial charge in [0.05, 0.1) is 17.3 Å². The van der Waals surface area contributed by atoms with Crippen LogP contribution in [0.1, 0.15) is 48.9 Å². The van der Waals surface area contributed by atoms with E-state index in [1.165, 1.54) is 5.57 Å². The standard InChI is InChI=1S/C19H31N5O2/c1-7-20-18(25)16-10-15(11-24(16)9-8-12(2)3)21-19(26)17-13(4)22-23(6)14(17)5/h8,15-16H,7,9-11H2,1-6H3,(H,20,25)(H,21,26)/t15-,16-/m0/s1. The molecule has 0 bridgehead atoms. The molecule has 0 radical (unpaired) electrons. The third-order valence-corrected chi connectivity index (χ3v) is 4.86. The molecular weight excluding hydrogens is 330 g/mol. The molecule has 2 N–H and O–H groups in total. The van der Waals surface area contributed by atoms with Gasteiger partial charge in [-0.05, 0) is 41.0 Å². The van der Waals surface area contributed by atoms with Crippen molar-refractivity contribution >= 4 is 11.8 Å². The van der Waals surface area contributed by atoms with Crippen molar-refractivity contribution in [1.82, 2.24) is 25.3 Å². The van der Waals surface area contributed by atoms with Crippen molar-refractivity contribution < 1.29 is 9.59 Å². The van der Waals surface area contributed by atoms with E-state index in [9.17, 15) is 9.59 Å². The number of aryl methyl sites for hydroxylation is 2. The van der Waals surface area contributed by atoms with E-state index in [1.54, 1.807) is 4.68 Å². The van der Waals surface area contributed by atoms with Crippen LogP contribution >= 0.6 is 0 Å². The van der Waals surface area contributed by atoms with Crippen LogP contribution in [-0.2, 0) is 11.8 Å². The van der Waals surface area contributed by atoms with Crippen molar-refractivity contribution in [3.05, 3.63) is 28.6 Å². The first-order chi connectivity index (χ1) is 12.2. The van der Waals surface area contributed by atoms with Crippen molar-refractivity contribution in [1.29, 1.82) is 0 Å². The summed E-state index contributed by atoms with van der Waals surface area (Å²) in [6.07, 6.45) is 2.73. The van der Waals surface area contributed by atoms with Crippen LogP contribution in [0.4, 0.5) is 0 Å². The molecule has 7 heteroatoms. The fraction of sp³-hybridized carbons (Fsp3) is 0.632. The van der Waals surface area contributed by atoms with Gasteiger partial charge in [-0.25, -0.2) is 0 Å². The van der Waals surface area contributed by atoms with E-state index < -0.39 is 0 Å². The molecule has 1 aliphatic rings. The van der Waals surface area contributed by atoms with Crippen LogP contribution in [-0.4, -0.2) is 58.2 Å². The first-order valence-electron chi connectivity index (χ1n) is 9.20. The number of rotatable bonds is 6. The minimum absolute atomic E-state index is 0.0279. The molecule has 2 heterocycles. The van der Waals surface area contributed by atoms with Crippen LogP contribution in [0.3, 0.4) is 0 Å². The third-order valence-electron chi connectivity index (χ3n) is 4.86. The molecule has 0 saturated carbocycles. The van der Waals surface area contributed by atoms with Crippen LogP contribution in [0.2, 0.25) is 0 Å². The molecule has 0 aromatic carbocycles. The Morgan fingerprint density at radius 1 is 1.31 bits per heavy atom. The number of likely N-dealkylation sites (tertiary alicyclic amines) is 1. The minimum atomic E-state index is -0.216. The second-order valence-corrected chi connectivity index (χ2v) is 7.22. The summed E-state index contributed by atoms with van der Waals surface area (Å²) in [7, 11) is 1.83. The lowest BCUT2D eigenvalue weighted by molar-refractivity contribution is -0.125. The average molecular weight is 361 g/mol. The number of hydrogen-bond acceptors (Lipinski definition) is 4. The van der Waals surface area contributed by atoms with Crippen LogP contribution in [0.25, 0.3) is 0 Å². The van der Waals surface area contributed by atoms with Gasteiger partial charge in [0.2, 0.25) is 5.91 Å². The van der Waals surface area contributed by atoms with Crippen molar-refractivity contribution in [2.45, 2.75) is 53.1 Å². The van der Waals surface area contributed by atoms with Crippen molar-refractivity contribution in [2.75, 3.05) is 19.6 Å². The quantitative estimate of drug-likeness (QED) is 0.749. The van der Waals surface area contributed by atoms with Gasteiger partial charge in [-0.1, -0.05) is 11.6 Å². The monoisotopic (exact) mass is 361 g/mol. The first kappa shape index (κ1) is 20.2. The van der Waals surface area contributed by atoms with Crippen molar-refractivity contribution in [3.63, 3.8) is 0 Å². The van der Waals surface area contributed by atoms with Crippen LogP contribution < -0.4 is 10.6 Å². The average Bonchev–Trinajstić information content (AvgIpc) is 3.06. The molecule has 144 valence electrons. The number of likely N-dealkylation sites (N-methyl/N-ethyl adjacent to an activating group) is 1. The fourth-order valence-electron chi connectivity index (χ4n) is 3.43. The summed E-state index contributed by atoms with van der Waals surface area (Å²) in [5.74, 6) is -0.0862. The number of nitrogens with one attached hydrogen (secondary N) is 2. The van der Waals surface area contributed by atoms with E-state index in [-0.39, 0.29) is 23.9 Å². The molecule has 1 fully saturated rings. The second-order valence-electron chi connectivity index (χ2n) is 7.22. The number of hydrogen-bond donors (Lipinski definition) is 2. The smallest absolute Gasteiger partial charge is 0.255 e. The first-order valence-corrected chi connectivity index (χ1v) is 9.20. The molecule has 1 saturated heterocycles. The van der Waals surface area contributed by atoms with Crippen molar-refractivity contribution in [3.8, 4) is 0 Å². The fourth-order valence-corrected chi connectivity index (χ4v) is 3.43. The summed E-state index contributed by atoms with van der Waals surface area (Å²) in [4.78, 5) is 27.3. The number of nitrogens with zero attached hydrogens (tertiary/aromatic N) is 3. The highest BCUT2D eigenvalue weighted by atomic mass is 16.2. The van der Waals surface area contributed by atoms with Gasteiger partial charge < -0.3 is 10.6 Å². The molecule has 2 rings (SSSR count). The SMILES string of the molecule is CCNC(=O)[C@@H]1C[C@H](NC(=O)c2c(C)nn(C)c2C)CN1CC=C(C)C. The normalized spacial score (nSPS) is 20.1. The molecule has 26 heavy (non-hydrogen) atoms. The molecule has 1 aliphatic heterocycles. The third kappa shape index (κ3) is 4.52. The van der Waals surface area contributed by atoms with E-state index in [0.717, 1.165) is 11.4 Å². The number of amides is 2. The highest BCUT2D eigenvalue weighted by Crippen LogP contribution is 2.20.